The first kappa shape index (κ1) is 19.1. The zero-order valence-electron chi connectivity index (χ0n) is 16.3. The summed E-state index contributed by atoms with van der Waals surface area (Å²) in [5.74, 6) is 0. The Bertz CT molecular complexity index is 611. The minimum Gasteiger partial charge on any atom is -0.285 e. The highest BCUT2D eigenvalue weighted by Crippen LogP contribution is 2.23. The van der Waals surface area contributed by atoms with Crippen LogP contribution in [-0.2, 0) is 13.1 Å². The molecule has 0 N–H and O–H groups in total. The Morgan fingerprint density at radius 2 is 1.38 bits per heavy atom. The van der Waals surface area contributed by atoms with E-state index < -0.39 is 0 Å². The molecule has 1 aliphatic rings. The fraction of sp³-hybridized carbons (Fsp3) is 0.500. The van der Waals surface area contributed by atoms with E-state index in [4.69, 9.17) is 0 Å². The van der Waals surface area contributed by atoms with E-state index in [1.54, 1.807) is 0 Å². The topological polar surface area (TPSA) is 6.48 Å². The van der Waals surface area contributed by atoms with E-state index in [2.05, 4.69) is 77.4 Å². The Labute approximate surface area is 159 Å². The van der Waals surface area contributed by atoms with Crippen LogP contribution in [0.5, 0.6) is 0 Å². The zero-order chi connectivity index (χ0) is 18.0. The van der Waals surface area contributed by atoms with Crippen LogP contribution in [0.2, 0.25) is 0 Å². The monoisotopic (exact) mass is 350 g/mol. The largest absolute Gasteiger partial charge is 0.285 e. The molecule has 3 rings (SSSR count). The van der Waals surface area contributed by atoms with Crippen LogP contribution in [0, 0.1) is 0 Å². The van der Waals surface area contributed by atoms with Crippen molar-refractivity contribution >= 4 is 0 Å². The molecule has 1 aliphatic heterocycles. The van der Waals surface area contributed by atoms with Gasteiger partial charge >= 0.3 is 0 Å². The summed E-state index contributed by atoms with van der Waals surface area (Å²) < 4.78 is 0. The predicted octanol–water partition coefficient (Wildman–Crippen LogP) is 5.69. The first-order valence-electron chi connectivity index (χ1n) is 10.4. The Hall–Kier alpha value is -1.64. The van der Waals surface area contributed by atoms with Crippen LogP contribution in [0.4, 0.5) is 0 Å². The minimum atomic E-state index is 0.695. The highest BCUT2D eigenvalue weighted by Gasteiger charge is 2.29. The van der Waals surface area contributed by atoms with Crippen LogP contribution in [-0.4, -0.2) is 29.1 Å². The number of hydrogen-bond acceptors (Lipinski definition) is 2. The lowest BCUT2D eigenvalue weighted by Gasteiger charge is -2.23. The lowest BCUT2D eigenvalue weighted by molar-refractivity contribution is 0.204. The van der Waals surface area contributed by atoms with Crippen molar-refractivity contribution in [2.75, 3.05) is 13.2 Å². The van der Waals surface area contributed by atoms with Gasteiger partial charge in [-0.2, -0.15) is 0 Å². The van der Waals surface area contributed by atoms with Gasteiger partial charge in [-0.3, -0.25) is 9.80 Å². The molecule has 0 aliphatic carbocycles. The van der Waals surface area contributed by atoms with Crippen LogP contribution in [0.15, 0.2) is 60.7 Å². The maximum absolute atomic E-state index is 2.69. The average molecular weight is 351 g/mol. The maximum Gasteiger partial charge on any atom is 0.0516 e. The summed E-state index contributed by atoms with van der Waals surface area (Å²) in [5, 5.41) is 0. The second kappa shape index (κ2) is 10.5. The van der Waals surface area contributed by atoms with Gasteiger partial charge < -0.3 is 0 Å². The van der Waals surface area contributed by atoms with E-state index in [9.17, 15) is 0 Å². The summed E-state index contributed by atoms with van der Waals surface area (Å²) in [7, 11) is 0. The molecule has 1 saturated heterocycles. The van der Waals surface area contributed by atoms with Gasteiger partial charge in [-0.05, 0) is 17.5 Å². The van der Waals surface area contributed by atoms with Crippen LogP contribution in [0.1, 0.15) is 56.6 Å². The molecule has 0 spiro atoms. The highest BCUT2D eigenvalue weighted by atomic mass is 15.4. The third kappa shape index (κ3) is 5.96. The lowest BCUT2D eigenvalue weighted by Crippen LogP contribution is -2.30. The van der Waals surface area contributed by atoms with Gasteiger partial charge in [-0.15, -0.1) is 0 Å². The van der Waals surface area contributed by atoms with Crippen molar-refractivity contribution in [1.29, 1.82) is 0 Å². The maximum atomic E-state index is 2.69. The molecule has 0 amide bonds. The van der Waals surface area contributed by atoms with E-state index in [1.807, 2.05) is 0 Å². The van der Waals surface area contributed by atoms with Gasteiger partial charge in [0, 0.05) is 25.7 Å². The summed E-state index contributed by atoms with van der Waals surface area (Å²) in [6, 6.07) is 22.6. The Balaban J connectivity index is 1.57. The summed E-state index contributed by atoms with van der Waals surface area (Å²) in [5.41, 5.74) is 2.86. The standard InChI is InChI=1S/C24H34N2/c1-2-3-4-5-12-17-24-20-25(18-22-13-8-6-9-14-22)21-26(24)19-23-15-10-7-11-16-23/h6-11,13-16,24H,2-5,12,17-21H2,1H3. The van der Waals surface area contributed by atoms with Crippen molar-refractivity contribution in [3.05, 3.63) is 71.8 Å². The SMILES string of the molecule is CCCCCCCC1CN(Cc2ccccc2)CN1Cc1ccccc1. The molecule has 26 heavy (non-hydrogen) atoms. The molecule has 2 nitrogen and oxygen atoms in total. The third-order valence-corrected chi connectivity index (χ3v) is 5.49. The molecular formula is C24H34N2. The zero-order valence-corrected chi connectivity index (χ0v) is 16.3. The van der Waals surface area contributed by atoms with Crippen LogP contribution in [0.25, 0.3) is 0 Å². The third-order valence-electron chi connectivity index (χ3n) is 5.49. The van der Waals surface area contributed by atoms with Crippen molar-refractivity contribution in [3.8, 4) is 0 Å². The average Bonchev–Trinajstić information content (AvgIpc) is 3.04. The van der Waals surface area contributed by atoms with Crippen molar-refractivity contribution in [3.63, 3.8) is 0 Å². The molecule has 0 bridgehead atoms. The van der Waals surface area contributed by atoms with Crippen molar-refractivity contribution in [2.45, 2.75) is 64.6 Å². The van der Waals surface area contributed by atoms with Gasteiger partial charge in [0.15, 0.2) is 0 Å². The van der Waals surface area contributed by atoms with Gasteiger partial charge in [0.05, 0.1) is 6.67 Å². The van der Waals surface area contributed by atoms with E-state index in [0.717, 1.165) is 19.8 Å². The van der Waals surface area contributed by atoms with Gasteiger partial charge in [-0.1, -0.05) is 99.7 Å². The molecule has 0 radical (unpaired) electrons. The Morgan fingerprint density at radius 3 is 2.04 bits per heavy atom. The molecular weight excluding hydrogens is 316 g/mol. The van der Waals surface area contributed by atoms with Crippen molar-refractivity contribution in [1.82, 2.24) is 9.80 Å². The van der Waals surface area contributed by atoms with Gasteiger partial charge in [0.1, 0.15) is 0 Å². The fourth-order valence-corrected chi connectivity index (χ4v) is 4.05. The van der Waals surface area contributed by atoms with E-state index in [0.29, 0.717) is 6.04 Å². The fourth-order valence-electron chi connectivity index (χ4n) is 4.05. The number of benzene rings is 2. The smallest absolute Gasteiger partial charge is 0.0516 e. The molecule has 2 aromatic rings. The number of hydrogen-bond donors (Lipinski definition) is 0. The van der Waals surface area contributed by atoms with E-state index in [-0.39, 0.29) is 0 Å². The first-order valence-corrected chi connectivity index (χ1v) is 10.4. The van der Waals surface area contributed by atoms with Gasteiger partial charge in [0.2, 0.25) is 0 Å². The molecule has 2 heteroatoms. The van der Waals surface area contributed by atoms with E-state index >= 15 is 0 Å². The van der Waals surface area contributed by atoms with Crippen LogP contribution >= 0.6 is 0 Å². The Morgan fingerprint density at radius 1 is 0.769 bits per heavy atom. The number of nitrogens with zero attached hydrogens (tertiary/aromatic N) is 2. The molecule has 1 atom stereocenters. The van der Waals surface area contributed by atoms with Gasteiger partial charge in [0.25, 0.3) is 0 Å². The van der Waals surface area contributed by atoms with Gasteiger partial charge in [-0.25, -0.2) is 0 Å². The van der Waals surface area contributed by atoms with Crippen molar-refractivity contribution in [2.24, 2.45) is 0 Å². The minimum absolute atomic E-state index is 0.695. The molecule has 1 unspecified atom stereocenters. The van der Waals surface area contributed by atoms with E-state index in [1.165, 1.54) is 56.2 Å². The number of unbranched alkanes of at least 4 members (excludes halogenated alkanes) is 4. The molecule has 1 heterocycles. The molecule has 2 aromatic carbocycles. The number of rotatable bonds is 10. The summed E-state index contributed by atoms with van der Waals surface area (Å²) in [6.45, 7) is 6.73. The molecule has 0 aromatic heterocycles. The molecule has 140 valence electrons. The Kier molecular flexibility index (Phi) is 7.72. The summed E-state index contributed by atoms with van der Waals surface area (Å²) >= 11 is 0. The quantitative estimate of drug-likeness (QED) is 0.508. The first-order chi connectivity index (χ1) is 12.8. The lowest BCUT2D eigenvalue weighted by atomic mass is 10.1. The summed E-state index contributed by atoms with van der Waals surface area (Å²) in [4.78, 5) is 5.31. The predicted molar refractivity (Wildman–Crippen MR) is 111 cm³/mol. The molecule has 0 saturated carbocycles. The van der Waals surface area contributed by atoms with Crippen LogP contribution < -0.4 is 0 Å². The van der Waals surface area contributed by atoms with Crippen LogP contribution in [0.3, 0.4) is 0 Å². The van der Waals surface area contributed by atoms with Crippen molar-refractivity contribution < 1.29 is 0 Å². The summed E-state index contributed by atoms with van der Waals surface area (Å²) in [6.07, 6.45) is 8.21. The second-order valence-corrected chi connectivity index (χ2v) is 7.73. The molecule has 1 fully saturated rings. The normalized spacial score (nSPS) is 18.4. The highest BCUT2D eigenvalue weighted by molar-refractivity contribution is 5.16. The second-order valence-electron chi connectivity index (χ2n) is 7.73.